The van der Waals surface area contributed by atoms with Gasteiger partial charge < -0.3 is 0 Å². The van der Waals surface area contributed by atoms with Crippen molar-refractivity contribution in [1.82, 2.24) is 23.8 Å². The molecule has 0 atom stereocenters. The fourth-order valence-corrected chi connectivity index (χ4v) is 6.99. The Kier molecular flexibility index (Phi) is 6.05. The molecule has 33 heavy (non-hydrogen) atoms. The van der Waals surface area contributed by atoms with Gasteiger partial charge in [-0.15, -0.1) is 11.3 Å². The van der Waals surface area contributed by atoms with Gasteiger partial charge in [0.1, 0.15) is 5.82 Å². The highest BCUT2D eigenvalue weighted by atomic mass is 35.5. The normalized spacial score (nSPS) is 15.9. The van der Waals surface area contributed by atoms with Gasteiger partial charge >= 0.3 is 0 Å². The molecule has 1 aromatic carbocycles. The summed E-state index contributed by atoms with van der Waals surface area (Å²) in [6, 6.07) is 8.74. The minimum Gasteiger partial charge on any atom is -0.295 e. The second kappa shape index (κ2) is 8.85. The average Bonchev–Trinajstić information content (AvgIpc) is 3.46. The Hall–Kier alpha value is -2.22. The third-order valence-corrected chi connectivity index (χ3v) is 9.41. The maximum Gasteiger partial charge on any atom is 0.275 e. The van der Waals surface area contributed by atoms with Crippen LogP contribution in [0.4, 0.5) is 4.39 Å². The SMILES string of the molecule is O=c1cc(CN2CCN(S(=O)(=O)c3ccc(F)c(Cl)c3)CC2)nc2sc(-c3cccs3)nn12. The summed E-state index contributed by atoms with van der Waals surface area (Å²) >= 11 is 8.66. The fraction of sp³-hybridized carbons (Fsp3) is 0.250. The molecule has 3 aromatic heterocycles. The summed E-state index contributed by atoms with van der Waals surface area (Å²) in [7, 11) is -3.77. The molecule has 13 heteroatoms. The monoisotopic (exact) mass is 525 g/mol. The van der Waals surface area contributed by atoms with E-state index >= 15 is 0 Å². The Bertz CT molecular complexity index is 1480. The molecule has 0 unspecified atom stereocenters. The number of rotatable bonds is 5. The summed E-state index contributed by atoms with van der Waals surface area (Å²) in [5, 5.41) is 6.84. The second-order valence-electron chi connectivity index (χ2n) is 7.42. The molecule has 1 fully saturated rings. The summed E-state index contributed by atoms with van der Waals surface area (Å²) in [6.45, 7) is 1.90. The van der Waals surface area contributed by atoms with Crippen molar-refractivity contribution in [3.63, 3.8) is 0 Å². The van der Waals surface area contributed by atoms with Crippen molar-refractivity contribution in [2.75, 3.05) is 26.2 Å². The number of hydrogen-bond acceptors (Lipinski definition) is 8. The number of piperazine rings is 1. The van der Waals surface area contributed by atoms with E-state index in [-0.39, 0.29) is 28.6 Å². The number of nitrogens with zero attached hydrogens (tertiary/aromatic N) is 5. The van der Waals surface area contributed by atoms with E-state index in [0.29, 0.717) is 30.3 Å². The zero-order chi connectivity index (χ0) is 23.2. The lowest BCUT2D eigenvalue weighted by molar-refractivity contribution is 0.180. The van der Waals surface area contributed by atoms with Crippen LogP contribution in [0.1, 0.15) is 5.69 Å². The molecule has 1 saturated heterocycles. The van der Waals surface area contributed by atoms with Gasteiger partial charge in [0.05, 0.1) is 20.5 Å². The Morgan fingerprint density at radius 1 is 1.12 bits per heavy atom. The standard InChI is InChI=1S/C20H17ClFN5O3S3/c21-15-11-14(3-4-16(15)22)33(29,30)26-7-5-25(6-8-26)12-13-10-18(28)27-20(23-13)32-19(24-27)17-2-1-9-31-17/h1-4,9-11H,5-8,12H2. The number of halogens is 2. The lowest BCUT2D eigenvalue weighted by atomic mass is 10.3. The number of hydrogen-bond donors (Lipinski definition) is 0. The van der Waals surface area contributed by atoms with Crippen LogP contribution < -0.4 is 5.56 Å². The van der Waals surface area contributed by atoms with Crippen LogP contribution in [-0.2, 0) is 16.6 Å². The van der Waals surface area contributed by atoms with E-state index < -0.39 is 15.8 Å². The highest BCUT2D eigenvalue weighted by Gasteiger charge is 2.29. The molecule has 5 rings (SSSR count). The van der Waals surface area contributed by atoms with E-state index in [2.05, 4.69) is 10.1 Å². The molecule has 1 aliphatic heterocycles. The van der Waals surface area contributed by atoms with Crippen molar-refractivity contribution in [2.45, 2.75) is 11.4 Å². The van der Waals surface area contributed by atoms with Crippen LogP contribution in [0.15, 0.2) is 51.5 Å². The van der Waals surface area contributed by atoms with Crippen LogP contribution in [0, 0.1) is 5.82 Å². The van der Waals surface area contributed by atoms with Crippen molar-refractivity contribution in [1.29, 1.82) is 0 Å². The first-order chi connectivity index (χ1) is 15.8. The summed E-state index contributed by atoms with van der Waals surface area (Å²) in [5.74, 6) is -0.663. The van der Waals surface area contributed by atoms with E-state index in [9.17, 15) is 17.6 Å². The fourth-order valence-electron chi connectivity index (χ4n) is 3.58. The number of aromatic nitrogens is 3. The van der Waals surface area contributed by atoms with Crippen LogP contribution >= 0.6 is 34.3 Å². The summed E-state index contributed by atoms with van der Waals surface area (Å²) < 4.78 is 41.8. The zero-order valence-electron chi connectivity index (χ0n) is 17.0. The quantitative estimate of drug-likeness (QED) is 0.398. The van der Waals surface area contributed by atoms with E-state index in [1.165, 1.54) is 32.3 Å². The third-order valence-electron chi connectivity index (χ3n) is 5.28. The van der Waals surface area contributed by atoms with E-state index in [1.807, 2.05) is 22.4 Å². The molecule has 8 nitrogen and oxygen atoms in total. The molecule has 4 heterocycles. The Morgan fingerprint density at radius 3 is 2.61 bits per heavy atom. The Morgan fingerprint density at radius 2 is 1.91 bits per heavy atom. The largest absolute Gasteiger partial charge is 0.295 e. The van der Waals surface area contributed by atoms with Gasteiger partial charge in [-0.2, -0.15) is 13.9 Å². The van der Waals surface area contributed by atoms with Gasteiger partial charge in [0.2, 0.25) is 15.0 Å². The highest BCUT2D eigenvalue weighted by Crippen LogP contribution is 2.28. The maximum absolute atomic E-state index is 13.4. The number of thiophene rings is 1. The van der Waals surface area contributed by atoms with Crippen LogP contribution in [0.3, 0.4) is 0 Å². The molecule has 1 aliphatic rings. The molecular weight excluding hydrogens is 509 g/mol. The second-order valence-corrected chi connectivity index (χ2v) is 11.7. The number of benzene rings is 1. The molecule has 0 N–H and O–H groups in total. The first kappa shape index (κ1) is 22.6. The van der Waals surface area contributed by atoms with Crippen molar-refractivity contribution in [3.8, 4) is 9.88 Å². The minimum absolute atomic E-state index is 0.0331. The van der Waals surface area contributed by atoms with Gasteiger partial charge in [0, 0.05) is 38.8 Å². The molecule has 0 amide bonds. The molecule has 0 aliphatic carbocycles. The van der Waals surface area contributed by atoms with Crippen molar-refractivity contribution in [3.05, 3.63) is 68.7 Å². The first-order valence-corrected chi connectivity index (χ1v) is 13.4. The lowest BCUT2D eigenvalue weighted by Gasteiger charge is -2.33. The van der Waals surface area contributed by atoms with Gasteiger partial charge in [-0.05, 0) is 29.6 Å². The van der Waals surface area contributed by atoms with Crippen molar-refractivity contribution in [2.24, 2.45) is 0 Å². The number of fused-ring (bicyclic) bond motifs is 1. The molecule has 0 radical (unpaired) electrons. The van der Waals surface area contributed by atoms with E-state index in [0.717, 1.165) is 22.0 Å². The van der Waals surface area contributed by atoms with Gasteiger partial charge in [-0.25, -0.2) is 17.8 Å². The molecule has 0 saturated carbocycles. The molecular formula is C20H17ClFN5O3S3. The predicted octanol–water partition coefficient (Wildman–Crippen LogP) is 3.18. The Balaban J connectivity index is 1.29. The molecule has 172 valence electrons. The number of sulfonamides is 1. The predicted molar refractivity (Wildman–Crippen MR) is 126 cm³/mol. The molecule has 0 bridgehead atoms. The van der Waals surface area contributed by atoms with Gasteiger partial charge in [-0.1, -0.05) is 29.0 Å². The Labute approximate surface area is 201 Å². The lowest BCUT2D eigenvalue weighted by Crippen LogP contribution is -2.48. The minimum atomic E-state index is -3.77. The maximum atomic E-state index is 13.4. The van der Waals surface area contributed by atoms with Crippen LogP contribution in [-0.4, -0.2) is 58.4 Å². The topological polar surface area (TPSA) is 87.9 Å². The zero-order valence-corrected chi connectivity index (χ0v) is 20.2. The molecule has 0 spiro atoms. The van der Waals surface area contributed by atoms with Crippen LogP contribution in [0.2, 0.25) is 5.02 Å². The average molecular weight is 526 g/mol. The van der Waals surface area contributed by atoms with Gasteiger partial charge in [0.15, 0.2) is 5.01 Å². The third kappa shape index (κ3) is 4.46. The summed E-state index contributed by atoms with van der Waals surface area (Å²) in [6.07, 6.45) is 0. The van der Waals surface area contributed by atoms with Gasteiger partial charge in [0.25, 0.3) is 5.56 Å². The first-order valence-electron chi connectivity index (χ1n) is 9.92. The van der Waals surface area contributed by atoms with Crippen molar-refractivity contribution < 1.29 is 12.8 Å². The summed E-state index contributed by atoms with van der Waals surface area (Å²) in [4.78, 5) is 20.6. The van der Waals surface area contributed by atoms with Crippen LogP contribution in [0.5, 0.6) is 0 Å². The smallest absolute Gasteiger partial charge is 0.275 e. The van der Waals surface area contributed by atoms with Crippen molar-refractivity contribution >= 4 is 49.3 Å². The van der Waals surface area contributed by atoms with E-state index in [4.69, 9.17) is 11.6 Å². The van der Waals surface area contributed by atoms with E-state index in [1.54, 1.807) is 11.3 Å². The molecule has 4 aromatic rings. The summed E-state index contributed by atoms with van der Waals surface area (Å²) in [5.41, 5.74) is 0.367. The highest BCUT2D eigenvalue weighted by molar-refractivity contribution is 7.89. The van der Waals surface area contributed by atoms with Crippen LogP contribution in [0.25, 0.3) is 14.8 Å². The van der Waals surface area contributed by atoms with Gasteiger partial charge in [-0.3, -0.25) is 9.69 Å².